The Morgan fingerprint density at radius 1 is 1.33 bits per heavy atom. The maximum absolute atomic E-state index is 12.4. The van der Waals surface area contributed by atoms with Crippen LogP contribution in [0.2, 0.25) is 0 Å². The van der Waals surface area contributed by atoms with Crippen LogP contribution >= 0.6 is 0 Å². The van der Waals surface area contributed by atoms with Gasteiger partial charge in [0.25, 0.3) is 5.91 Å². The molecule has 2 fully saturated rings. The molecule has 1 aromatic rings. The fraction of sp³-hybridized carbons (Fsp3) is 0.650. The summed E-state index contributed by atoms with van der Waals surface area (Å²) in [5, 5.41) is 5.91. The SMILES string of the molecule is CC(C)CN1CCC(CNC(=O)c2ccc(N3CCNC(=O)CC3)nc2)C1. The number of pyridine rings is 1. The Bertz CT molecular complexity index is 646. The van der Waals surface area contributed by atoms with Gasteiger partial charge in [-0.15, -0.1) is 0 Å². The standard InChI is InChI=1S/C20H31N5O2/c1-15(2)13-24-8-5-16(14-24)11-23-20(27)17-3-4-18(22-12-17)25-9-6-19(26)21-7-10-25/h3-4,12,15-16H,5-11,13-14H2,1-2H3,(H,21,26)(H,23,27). The Balaban J connectivity index is 1.47. The van der Waals surface area contributed by atoms with E-state index in [1.165, 1.54) is 0 Å². The van der Waals surface area contributed by atoms with E-state index in [0.717, 1.165) is 45.0 Å². The number of nitrogens with one attached hydrogen (secondary N) is 2. The predicted molar refractivity (Wildman–Crippen MR) is 106 cm³/mol. The third-order valence-corrected chi connectivity index (χ3v) is 5.19. The number of hydrogen-bond donors (Lipinski definition) is 2. The van der Waals surface area contributed by atoms with Gasteiger partial charge in [0.1, 0.15) is 5.82 Å². The Kier molecular flexibility index (Phi) is 6.66. The van der Waals surface area contributed by atoms with Gasteiger partial charge in [-0.05, 0) is 36.9 Å². The van der Waals surface area contributed by atoms with Gasteiger partial charge in [0.05, 0.1) is 5.56 Å². The molecule has 27 heavy (non-hydrogen) atoms. The topological polar surface area (TPSA) is 77.6 Å². The number of nitrogens with zero attached hydrogens (tertiary/aromatic N) is 3. The molecule has 7 heteroatoms. The minimum absolute atomic E-state index is 0.0657. The minimum Gasteiger partial charge on any atom is -0.354 e. The summed E-state index contributed by atoms with van der Waals surface area (Å²) in [6.07, 6.45) is 3.25. The van der Waals surface area contributed by atoms with Gasteiger partial charge in [-0.25, -0.2) is 4.98 Å². The third-order valence-electron chi connectivity index (χ3n) is 5.19. The van der Waals surface area contributed by atoms with Crippen molar-refractivity contribution in [2.45, 2.75) is 26.7 Å². The van der Waals surface area contributed by atoms with Gasteiger partial charge in [-0.1, -0.05) is 13.8 Å². The van der Waals surface area contributed by atoms with Crippen LogP contribution in [0, 0.1) is 11.8 Å². The normalized spacial score (nSPS) is 21.2. The molecule has 0 radical (unpaired) electrons. The number of carbonyl (C=O) groups excluding carboxylic acids is 2. The summed E-state index contributed by atoms with van der Waals surface area (Å²) in [5.74, 6) is 2.03. The molecule has 3 heterocycles. The smallest absolute Gasteiger partial charge is 0.252 e. The highest BCUT2D eigenvalue weighted by molar-refractivity contribution is 5.94. The van der Waals surface area contributed by atoms with E-state index in [9.17, 15) is 9.59 Å². The molecule has 0 aliphatic carbocycles. The van der Waals surface area contributed by atoms with E-state index in [1.807, 2.05) is 12.1 Å². The molecule has 0 aromatic carbocycles. The van der Waals surface area contributed by atoms with Crippen LogP contribution in [0.15, 0.2) is 18.3 Å². The molecule has 1 unspecified atom stereocenters. The first-order chi connectivity index (χ1) is 13.0. The van der Waals surface area contributed by atoms with Crippen LogP contribution < -0.4 is 15.5 Å². The van der Waals surface area contributed by atoms with Crippen molar-refractivity contribution in [1.82, 2.24) is 20.5 Å². The van der Waals surface area contributed by atoms with Crippen LogP contribution in [0.1, 0.15) is 37.0 Å². The summed E-state index contributed by atoms with van der Waals surface area (Å²) in [6.45, 7) is 10.5. The molecule has 2 amide bonds. The van der Waals surface area contributed by atoms with Crippen LogP contribution in [0.5, 0.6) is 0 Å². The summed E-state index contributed by atoms with van der Waals surface area (Å²) in [5.41, 5.74) is 0.583. The van der Waals surface area contributed by atoms with Crippen LogP contribution in [0.25, 0.3) is 0 Å². The molecule has 2 N–H and O–H groups in total. The van der Waals surface area contributed by atoms with Gasteiger partial charge in [0.15, 0.2) is 0 Å². The molecule has 0 spiro atoms. The van der Waals surface area contributed by atoms with Crippen molar-refractivity contribution in [3.63, 3.8) is 0 Å². The Morgan fingerprint density at radius 2 is 2.19 bits per heavy atom. The average Bonchev–Trinajstić information content (AvgIpc) is 2.97. The first-order valence-electron chi connectivity index (χ1n) is 9.99. The van der Waals surface area contributed by atoms with E-state index < -0.39 is 0 Å². The van der Waals surface area contributed by atoms with E-state index in [1.54, 1.807) is 6.20 Å². The van der Waals surface area contributed by atoms with Gasteiger partial charge < -0.3 is 20.4 Å². The van der Waals surface area contributed by atoms with Gasteiger partial charge in [0.2, 0.25) is 5.91 Å². The van der Waals surface area contributed by atoms with Crippen LogP contribution in [0.3, 0.4) is 0 Å². The first kappa shape index (κ1) is 19.6. The second-order valence-corrected chi connectivity index (χ2v) is 8.01. The lowest BCUT2D eigenvalue weighted by molar-refractivity contribution is -0.120. The Hall–Kier alpha value is -2.15. The van der Waals surface area contributed by atoms with Gasteiger partial charge >= 0.3 is 0 Å². The number of rotatable bonds is 6. The van der Waals surface area contributed by atoms with Gasteiger partial charge in [-0.2, -0.15) is 0 Å². The molecule has 1 aromatic heterocycles. The number of hydrogen-bond acceptors (Lipinski definition) is 5. The van der Waals surface area contributed by atoms with Crippen LogP contribution in [-0.2, 0) is 4.79 Å². The third kappa shape index (κ3) is 5.66. The predicted octanol–water partition coefficient (Wildman–Crippen LogP) is 1.12. The molecule has 0 bridgehead atoms. The molecule has 2 aliphatic rings. The molecule has 2 aliphatic heterocycles. The molecule has 7 nitrogen and oxygen atoms in total. The summed E-state index contributed by atoms with van der Waals surface area (Å²) in [6, 6.07) is 3.68. The summed E-state index contributed by atoms with van der Waals surface area (Å²) < 4.78 is 0. The van der Waals surface area contributed by atoms with Crippen molar-refractivity contribution in [2.24, 2.45) is 11.8 Å². The number of carbonyl (C=O) groups is 2. The molecule has 3 rings (SSSR count). The zero-order valence-corrected chi connectivity index (χ0v) is 16.4. The highest BCUT2D eigenvalue weighted by atomic mass is 16.2. The van der Waals surface area contributed by atoms with E-state index in [0.29, 0.717) is 36.9 Å². The maximum Gasteiger partial charge on any atom is 0.252 e. The van der Waals surface area contributed by atoms with E-state index >= 15 is 0 Å². The summed E-state index contributed by atoms with van der Waals surface area (Å²) >= 11 is 0. The van der Waals surface area contributed by atoms with Crippen molar-refractivity contribution in [1.29, 1.82) is 0 Å². The second kappa shape index (κ2) is 9.17. The van der Waals surface area contributed by atoms with Crippen molar-refractivity contribution >= 4 is 17.6 Å². The number of anilines is 1. The minimum atomic E-state index is -0.0657. The molecule has 148 valence electrons. The van der Waals surface area contributed by atoms with Crippen LogP contribution in [-0.4, -0.2) is 67.5 Å². The molecule has 0 saturated carbocycles. The number of likely N-dealkylation sites (tertiary alicyclic amines) is 1. The highest BCUT2D eigenvalue weighted by Gasteiger charge is 2.23. The van der Waals surface area contributed by atoms with Crippen molar-refractivity contribution in [3.8, 4) is 0 Å². The monoisotopic (exact) mass is 373 g/mol. The Morgan fingerprint density at radius 3 is 2.93 bits per heavy atom. The van der Waals surface area contributed by atoms with Crippen molar-refractivity contribution < 1.29 is 9.59 Å². The lowest BCUT2D eigenvalue weighted by atomic mass is 10.1. The van der Waals surface area contributed by atoms with E-state index in [4.69, 9.17) is 0 Å². The molecular weight excluding hydrogens is 342 g/mol. The van der Waals surface area contributed by atoms with E-state index in [2.05, 4.69) is 39.3 Å². The quantitative estimate of drug-likeness (QED) is 0.781. The first-order valence-corrected chi connectivity index (χ1v) is 9.99. The Labute approximate surface area is 161 Å². The summed E-state index contributed by atoms with van der Waals surface area (Å²) in [7, 11) is 0. The summed E-state index contributed by atoms with van der Waals surface area (Å²) in [4.78, 5) is 32.8. The lowest BCUT2D eigenvalue weighted by Gasteiger charge is -2.20. The number of aromatic nitrogens is 1. The molecule has 2 saturated heterocycles. The molecule has 1 atom stereocenters. The van der Waals surface area contributed by atoms with Crippen molar-refractivity contribution in [3.05, 3.63) is 23.9 Å². The fourth-order valence-corrected chi connectivity index (χ4v) is 3.80. The van der Waals surface area contributed by atoms with Gasteiger partial charge in [-0.3, -0.25) is 9.59 Å². The van der Waals surface area contributed by atoms with Crippen molar-refractivity contribution in [2.75, 3.05) is 50.7 Å². The van der Waals surface area contributed by atoms with Crippen LogP contribution in [0.4, 0.5) is 5.82 Å². The maximum atomic E-state index is 12.4. The number of amides is 2. The van der Waals surface area contributed by atoms with Gasteiger partial charge in [0, 0.05) is 51.9 Å². The average molecular weight is 374 g/mol. The second-order valence-electron chi connectivity index (χ2n) is 8.01. The lowest BCUT2D eigenvalue weighted by Crippen LogP contribution is -2.32. The highest BCUT2D eigenvalue weighted by Crippen LogP contribution is 2.17. The zero-order valence-electron chi connectivity index (χ0n) is 16.4. The fourth-order valence-electron chi connectivity index (χ4n) is 3.80. The zero-order chi connectivity index (χ0) is 19.2. The van der Waals surface area contributed by atoms with E-state index in [-0.39, 0.29) is 11.8 Å². The molecular formula is C20H31N5O2. The largest absolute Gasteiger partial charge is 0.354 e.